The van der Waals surface area contributed by atoms with Crippen molar-refractivity contribution in [3.63, 3.8) is 0 Å². The molecule has 0 bridgehead atoms. The molecule has 0 unspecified atom stereocenters. The second-order valence-corrected chi connectivity index (χ2v) is 4.80. The van der Waals surface area contributed by atoms with Crippen molar-refractivity contribution in [1.29, 1.82) is 0 Å². The van der Waals surface area contributed by atoms with Crippen LogP contribution in [0, 0.1) is 0 Å². The van der Waals surface area contributed by atoms with Crippen LogP contribution < -0.4 is 5.32 Å². The molecule has 0 aliphatic carbocycles. The highest BCUT2D eigenvalue weighted by Gasteiger charge is 2.05. The van der Waals surface area contributed by atoms with Crippen molar-refractivity contribution in [3.8, 4) is 0 Å². The molecule has 0 radical (unpaired) electrons. The SMILES string of the molecule is CNCCN(C)CCc1csc2nccn12. The molecule has 0 fully saturated rings. The minimum atomic E-state index is 1.04. The topological polar surface area (TPSA) is 32.6 Å². The first-order valence-corrected chi connectivity index (χ1v) is 6.42. The Morgan fingerprint density at radius 1 is 1.50 bits per heavy atom. The molecule has 0 amide bonds. The summed E-state index contributed by atoms with van der Waals surface area (Å²) in [6, 6.07) is 0. The van der Waals surface area contributed by atoms with Gasteiger partial charge in [-0.15, -0.1) is 11.3 Å². The molecule has 5 heteroatoms. The van der Waals surface area contributed by atoms with Gasteiger partial charge >= 0.3 is 0 Å². The second-order valence-electron chi connectivity index (χ2n) is 3.96. The monoisotopic (exact) mass is 238 g/mol. The van der Waals surface area contributed by atoms with Crippen molar-refractivity contribution in [2.24, 2.45) is 0 Å². The Balaban J connectivity index is 1.88. The van der Waals surface area contributed by atoms with E-state index in [0.29, 0.717) is 0 Å². The zero-order chi connectivity index (χ0) is 11.4. The summed E-state index contributed by atoms with van der Waals surface area (Å²) in [6.45, 7) is 3.22. The minimum Gasteiger partial charge on any atom is -0.318 e. The fourth-order valence-corrected chi connectivity index (χ4v) is 2.56. The van der Waals surface area contributed by atoms with Crippen LogP contribution in [0.1, 0.15) is 5.69 Å². The van der Waals surface area contributed by atoms with Gasteiger partial charge in [0.15, 0.2) is 4.96 Å². The maximum Gasteiger partial charge on any atom is 0.193 e. The summed E-state index contributed by atoms with van der Waals surface area (Å²) < 4.78 is 2.18. The largest absolute Gasteiger partial charge is 0.318 e. The Hall–Kier alpha value is -0.910. The number of imidazole rings is 1. The van der Waals surface area contributed by atoms with Crippen LogP contribution in [0.3, 0.4) is 0 Å². The molecule has 2 aromatic rings. The molecule has 88 valence electrons. The van der Waals surface area contributed by atoms with Gasteiger partial charge in [-0.25, -0.2) is 4.98 Å². The number of rotatable bonds is 6. The van der Waals surface area contributed by atoms with E-state index >= 15 is 0 Å². The molecule has 0 saturated carbocycles. The maximum absolute atomic E-state index is 4.27. The summed E-state index contributed by atoms with van der Waals surface area (Å²) in [6.07, 6.45) is 4.98. The molecule has 2 heterocycles. The molecule has 0 atom stereocenters. The standard InChI is InChI=1S/C11H18N4S/c1-12-4-7-14(2)6-3-10-9-16-11-13-5-8-15(10)11/h5,8-9,12H,3-4,6-7H2,1-2H3. The predicted molar refractivity (Wildman–Crippen MR) is 68.2 cm³/mol. The van der Waals surface area contributed by atoms with E-state index in [9.17, 15) is 0 Å². The summed E-state index contributed by atoms with van der Waals surface area (Å²) in [4.78, 5) is 7.71. The van der Waals surface area contributed by atoms with Gasteiger partial charge in [0.2, 0.25) is 0 Å². The quantitative estimate of drug-likeness (QED) is 0.817. The fourth-order valence-electron chi connectivity index (χ4n) is 1.67. The number of nitrogens with zero attached hydrogens (tertiary/aromatic N) is 3. The van der Waals surface area contributed by atoms with Gasteiger partial charge in [0.1, 0.15) is 0 Å². The second kappa shape index (κ2) is 5.43. The Kier molecular flexibility index (Phi) is 3.93. The molecule has 0 aliphatic rings. The highest BCUT2D eigenvalue weighted by molar-refractivity contribution is 7.15. The van der Waals surface area contributed by atoms with E-state index in [4.69, 9.17) is 0 Å². The van der Waals surface area contributed by atoms with Crippen LogP contribution in [-0.4, -0.2) is 48.0 Å². The lowest BCUT2D eigenvalue weighted by atomic mass is 10.3. The number of nitrogens with one attached hydrogen (secondary N) is 1. The zero-order valence-corrected chi connectivity index (χ0v) is 10.6. The van der Waals surface area contributed by atoms with E-state index in [0.717, 1.165) is 31.0 Å². The number of aromatic nitrogens is 2. The van der Waals surface area contributed by atoms with Gasteiger partial charge < -0.3 is 10.2 Å². The lowest BCUT2D eigenvalue weighted by molar-refractivity contribution is 0.338. The van der Waals surface area contributed by atoms with Gasteiger partial charge in [-0.05, 0) is 14.1 Å². The molecule has 2 rings (SSSR count). The predicted octanol–water partition coefficient (Wildman–Crippen LogP) is 1.09. The summed E-state index contributed by atoms with van der Waals surface area (Å²) in [5.74, 6) is 0. The van der Waals surface area contributed by atoms with Crippen LogP contribution in [0.4, 0.5) is 0 Å². The summed E-state index contributed by atoms with van der Waals surface area (Å²) in [5, 5.41) is 5.37. The maximum atomic E-state index is 4.27. The minimum absolute atomic E-state index is 1.04. The first-order valence-electron chi connectivity index (χ1n) is 5.54. The van der Waals surface area contributed by atoms with Gasteiger partial charge in [-0.2, -0.15) is 0 Å². The van der Waals surface area contributed by atoms with Crippen molar-refractivity contribution < 1.29 is 0 Å². The van der Waals surface area contributed by atoms with E-state index in [1.165, 1.54) is 5.69 Å². The van der Waals surface area contributed by atoms with Crippen molar-refractivity contribution in [3.05, 3.63) is 23.5 Å². The molecule has 0 saturated heterocycles. The summed E-state index contributed by atoms with van der Waals surface area (Å²) >= 11 is 1.71. The molecule has 0 aliphatic heterocycles. The highest BCUT2D eigenvalue weighted by Crippen LogP contribution is 2.14. The van der Waals surface area contributed by atoms with Crippen LogP contribution in [0.5, 0.6) is 0 Å². The lowest BCUT2D eigenvalue weighted by Crippen LogP contribution is -2.29. The highest BCUT2D eigenvalue weighted by atomic mass is 32.1. The molecule has 1 N–H and O–H groups in total. The Labute approximate surface area is 99.9 Å². The number of thiazole rings is 1. The molecule has 4 nitrogen and oxygen atoms in total. The van der Waals surface area contributed by atoms with Crippen molar-refractivity contribution in [2.75, 3.05) is 33.7 Å². The normalized spacial score (nSPS) is 11.7. The molecule has 0 aromatic carbocycles. The third kappa shape index (κ3) is 2.61. The van der Waals surface area contributed by atoms with Gasteiger partial charge in [-0.3, -0.25) is 4.40 Å². The average Bonchev–Trinajstić information content (AvgIpc) is 2.86. The zero-order valence-electron chi connectivity index (χ0n) is 9.81. The molecule has 2 aromatic heterocycles. The smallest absolute Gasteiger partial charge is 0.193 e. The van der Waals surface area contributed by atoms with Crippen LogP contribution in [0.25, 0.3) is 4.96 Å². The third-order valence-corrected chi connectivity index (χ3v) is 3.61. The molecular weight excluding hydrogens is 220 g/mol. The number of fused-ring (bicyclic) bond motifs is 1. The number of hydrogen-bond acceptors (Lipinski definition) is 4. The number of likely N-dealkylation sites (N-methyl/N-ethyl adjacent to an activating group) is 2. The van der Waals surface area contributed by atoms with Gasteiger partial charge in [0, 0.05) is 49.5 Å². The van der Waals surface area contributed by atoms with Crippen LogP contribution >= 0.6 is 11.3 Å². The van der Waals surface area contributed by atoms with Gasteiger partial charge in [0.05, 0.1) is 0 Å². The van der Waals surface area contributed by atoms with E-state index in [-0.39, 0.29) is 0 Å². The van der Waals surface area contributed by atoms with E-state index < -0.39 is 0 Å². The summed E-state index contributed by atoms with van der Waals surface area (Å²) in [7, 11) is 4.15. The lowest BCUT2D eigenvalue weighted by Gasteiger charge is -2.15. The molecule has 16 heavy (non-hydrogen) atoms. The number of hydrogen-bond donors (Lipinski definition) is 1. The average molecular weight is 238 g/mol. The van der Waals surface area contributed by atoms with Crippen LogP contribution in [0.15, 0.2) is 17.8 Å². The Morgan fingerprint density at radius 3 is 3.19 bits per heavy atom. The van der Waals surface area contributed by atoms with E-state index in [1.54, 1.807) is 11.3 Å². The molecular formula is C11H18N4S. The first kappa shape index (κ1) is 11.6. The van der Waals surface area contributed by atoms with Crippen LogP contribution in [-0.2, 0) is 6.42 Å². The Morgan fingerprint density at radius 2 is 2.38 bits per heavy atom. The van der Waals surface area contributed by atoms with Gasteiger partial charge in [0.25, 0.3) is 0 Å². The van der Waals surface area contributed by atoms with Crippen LogP contribution in [0.2, 0.25) is 0 Å². The van der Waals surface area contributed by atoms with E-state index in [2.05, 4.69) is 32.0 Å². The van der Waals surface area contributed by atoms with Crippen molar-refractivity contribution >= 4 is 16.3 Å². The summed E-state index contributed by atoms with van der Waals surface area (Å²) in [5.41, 5.74) is 1.36. The first-order chi connectivity index (χ1) is 7.81. The third-order valence-electron chi connectivity index (χ3n) is 2.71. The van der Waals surface area contributed by atoms with Gasteiger partial charge in [-0.1, -0.05) is 0 Å². The molecule has 0 spiro atoms. The van der Waals surface area contributed by atoms with Crippen molar-refractivity contribution in [2.45, 2.75) is 6.42 Å². The fraction of sp³-hybridized carbons (Fsp3) is 0.545. The van der Waals surface area contributed by atoms with Crippen molar-refractivity contribution in [1.82, 2.24) is 19.6 Å². The Bertz CT molecular complexity index is 434. The van der Waals surface area contributed by atoms with E-state index in [1.807, 2.05) is 19.4 Å².